The minimum Gasteiger partial charge on any atom is -0.338 e. The first kappa shape index (κ1) is 16.4. The summed E-state index contributed by atoms with van der Waals surface area (Å²) in [6.45, 7) is 7.56. The van der Waals surface area contributed by atoms with Gasteiger partial charge < -0.3 is 5.32 Å². The van der Waals surface area contributed by atoms with E-state index < -0.39 is 0 Å². The van der Waals surface area contributed by atoms with Gasteiger partial charge in [-0.2, -0.15) is 0 Å². The SMILES string of the molecule is CCCn1cc(NC(=O)NCCCc2nc(C)c(C)s2)nn1. The molecule has 7 nitrogen and oxygen atoms in total. The largest absolute Gasteiger partial charge is 0.338 e. The monoisotopic (exact) mass is 322 g/mol. The standard InChI is InChI=1S/C14H22N6OS/c1-4-8-20-9-12(18-19-20)17-14(21)15-7-5-6-13-16-10(2)11(3)22-13/h9H,4-8H2,1-3H3,(H2,15,17,21). The topological polar surface area (TPSA) is 84.7 Å². The van der Waals surface area contributed by atoms with Crippen LogP contribution in [0.3, 0.4) is 0 Å². The quantitative estimate of drug-likeness (QED) is 0.767. The number of anilines is 1. The smallest absolute Gasteiger partial charge is 0.320 e. The second-order valence-corrected chi connectivity index (χ2v) is 6.39. The maximum atomic E-state index is 11.7. The second-order valence-electron chi connectivity index (χ2n) is 5.10. The van der Waals surface area contributed by atoms with Gasteiger partial charge in [-0.25, -0.2) is 9.78 Å². The van der Waals surface area contributed by atoms with Crippen LogP contribution in [0.2, 0.25) is 0 Å². The Labute approximate surface area is 134 Å². The van der Waals surface area contributed by atoms with E-state index in [4.69, 9.17) is 0 Å². The number of aromatic nitrogens is 4. The molecule has 120 valence electrons. The summed E-state index contributed by atoms with van der Waals surface area (Å²) >= 11 is 1.72. The lowest BCUT2D eigenvalue weighted by Gasteiger charge is -2.04. The minimum atomic E-state index is -0.255. The molecule has 2 aromatic heterocycles. The molecule has 2 amide bonds. The maximum Gasteiger partial charge on any atom is 0.320 e. The molecule has 0 aliphatic carbocycles. The number of aryl methyl sites for hydroxylation is 4. The van der Waals surface area contributed by atoms with Crippen molar-refractivity contribution in [3.8, 4) is 0 Å². The van der Waals surface area contributed by atoms with Crippen molar-refractivity contribution < 1.29 is 4.79 Å². The van der Waals surface area contributed by atoms with Crippen molar-refractivity contribution in [3.63, 3.8) is 0 Å². The lowest BCUT2D eigenvalue weighted by atomic mass is 10.3. The van der Waals surface area contributed by atoms with Crippen molar-refractivity contribution in [3.05, 3.63) is 21.8 Å². The molecule has 0 radical (unpaired) electrons. The molecule has 0 fully saturated rings. The fourth-order valence-electron chi connectivity index (χ4n) is 1.94. The molecule has 22 heavy (non-hydrogen) atoms. The number of thiazole rings is 1. The highest BCUT2D eigenvalue weighted by Gasteiger charge is 2.06. The first-order chi connectivity index (χ1) is 10.6. The Morgan fingerprint density at radius 2 is 2.23 bits per heavy atom. The number of hydrogen-bond acceptors (Lipinski definition) is 5. The third-order valence-corrected chi connectivity index (χ3v) is 4.29. The predicted molar refractivity (Wildman–Crippen MR) is 87.2 cm³/mol. The van der Waals surface area contributed by atoms with E-state index in [1.807, 2.05) is 6.92 Å². The molecule has 2 aromatic rings. The molecule has 2 N–H and O–H groups in total. The summed E-state index contributed by atoms with van der Waals surface area (Å²) in [6.07, 6.45) is 4.45. The highest BCUT2D eigenvalue weighted by Crippen LogP contribution is 2.17. The molecule has 2 heterocycles. The fourth-order valence-corrected chi connectivity index (χ4v) is 2.92. The van der Waals surface area contributed by atoms with E-state index in [0.29, 0.717) is 12.4 Å². The zero-order valence-corrected chi connectivity index (χ0v) is 14.0. The van der Waals surface area contributed by atoms with Crippen LogP contribution in [0.15, 0.2) is 6.20 Å². The number of nitrogens with zero attached hydrogens (tertiary/aromatic N) is 4. The van der Waals surface area contributed by atoms with Crippen molar-refractivity contribution in [2.45, 2.75) is 46.6 Å². The Bertz CT molecular complexity index is 601. The molecule has 0 aromatic carbocycles. The van der Waals surface area contributed by atoms with Crippen molar-refractivity contribution in [1.29, 1.82) is 0 Å². The van der Waals surface area contributed by atoms with Crippen LogP contribution in [-0.2, 0) is 13.0 Å². The van der Waals surface area contributed by atoms with E-state index in [1.54, 1.807) is 22.2 Å². The molecule has 0 saturated heterocycles. The first-order valence-electron chi connectivity index (χ1n) is 7.46. The van der Waals surface area contributed by atoms with Gasteiger partial charge in [-0.1, -0.05) is 12.1 Å². The Hall–Kier alpha value is -1.96. The van der Waals surface area contributed by atoms with E-state index in [2.05, 4.69) is 39.8 Å². The van der Waals surface area contributed by atoms with Crippen LogP contribution < -0.4 is 10.6 Å². The predicted octanol–water partition coefficient (Wildman–Crippen LogP) is 2.52. The van der Waals surface area contributed by atoms with E-state index in [1.165, 1.54) is 4.88 Å². The summed E-state index contributed by atoms with van der Waals surface area (Å²) in [5, 5.41) is 14.4. The number of carbonyl (C=O) groups excluding carboxylic acids is 1. The lowest BCUT2D eigenvalue weighted by Crippen LogP contribution is -2.29. The van der Waals surface area contributed by atoms with Crippen LogP contribution >= 0.6 is 11.3 Å². The third-order valence-electron chi connectivity index (χ3n) is 3.16. The van der Waals surface area contributed by atoms with Crippen molar-refractivity contribution >= 4 is 23.2 Å². The van der Waals surface area contributed by atoms with Gasteiger partial charge in [0, 0.05) is 24.4 Å². The lowest BCUT2D eigenvalue weighted by molar-refractivity contribution is 0.252. The summed E-state index contributed by atoms with van der Waals surface area (Å²) < 4.78 is 1.71. The number of amides is 2. The molecule has 0 unspecified atom stereocenters. The van der Waals surface area contributed by atoms with Gasteiger partial charge in [-0.15, -0.1) is 16.4 Å². The molecule has 0 saturated carbocycles. The summed E-state index contributed by atoms with van der Waals surface area (Å²) in [6, 6.07) is -0.255. The minimum absolute atomic E-state index is 0.255. The van der Waals surface area contributed by atoms with Gasteiger partial charge in [0.1, 0.15) is 0 Å². The number of nitrogens with one attached hydrogen (secondary N) is 2. The van der Waals surface area contributed by atoms with Gasteiger partial charge in [-0.05, 0) is 26.7 Å². The van der Waals surface area contributed by atoms with Crippen LogP contribution in [0.25, 0.3) is 0 Å². The second kappa shape index (κ2) is 7.88. The van der Waals surface area contributed by atoms with Crippen LogP contribution in [-0.4, -0.2) is 32.6 Å². The van der Waals surface area contributed by atoms with Crippen LogP contribution in [0.5, 0.6) is 0 Å². The van der Waals surface area contributed by atoms with Gasteiger partial charge in [0.15, 0.2) is 5.82 Å². The van der Waals surface area contributed by atoms with E-state index in [0.717, 1.165) is 36.5 Å². The zero-order valence-electron chi connectivity index (χ0n) is 13.2. The number of rotatable bonds is 7. The Balaban J connectivity index is 1.66. The molecule has 8 heteroatoms. The van der Waals surface area contributed by atoms with Gasteiger partial charge in [-0.3, -0.25) is 10.00 Å². The summed E-state index contributed by atoms with van der Waals surface area (Å²) in [5.41, 5.74) is 1.10. The van der Waals surface area contributed by atoms with Crippen LogP contribution in [0.1, 0.15) is 35.3 Å². The van der Waals surface area contributed by atoms with E-state index >= 15 is 0 Å². The van der Waals surface area contributed by atoms with Crippen molar-refractivity contribution in [1.82, 2.24) is 25.3 Å². The van der Waals surface area contributed by atoms with Crippen LogP contribution in [0, 0.1) is 13.8 Å². The molecule has 0 spiro atoms. The summed E-state index contributed by atoms with van der Waals surface area (Å²) in [4.78, 5) is 17.5. The molecule has 0 aliphatic heterocycles. The van der Waals surface area contributed by atoms with E-state index in [9.17, 15) is 4.79 Å². The Morgan fingerprint density at radius 1 is 1.41 bits per heavy atom. The van der Waals surface area contributed by atoms with E-state index in [-0.39, 0.29) is 6.03 Å². The molecule has 2 rings (SSSR count). The number of hydrogen-bond donors (Lipinski definition) is 2. The van der Waals surface area contributed by atoms with Gasteiger partial charge >= 0.3 is 6.03 Å². The molecular weight excluding hydrogens is 300 g/mol. The maximum absolute atomic E-state index is 11.7. The third kappa shape index (κ3) is 4.80. The van der Waals surface area contributed by atoms with Gasteiger partial charge in [0.25, 0.3) is 0 Å². The fraction of sp³-hybridized carbons (Fsp3) is 0.571. The first-order valence-corrected chi connectivity index (χ1v) is 8.28. The normalized spacial score (nSPS) is 10.7. The van der Waals surface area contributed by atoms with Gasteiger partial charge in [0.2, 0.25) is 0 Å². The molecule has 0 bridgehead atoms. The van der Waals surface area contributed by atoms with Crippen molar-refractivity contribution in [2.24, 2.45) is 0 Å². The van der Waals surface area contributed by atoms with Crippen molar-refractivity contribution in [2.75, 3.05) is 11.9 Å². The summed E-state index contributed by atoms with van der Waals surface area (Å²) in [7, 11) is 0. The Kier molecular flexibility index (Phi) is 5.88. The highest BCUT2D eigenvalue weighted by molar-refractivity contribution is 7.11. The zero-order chi connectivity index (χ0) is 15.9. The van der Waals surface area contributed by atoms with Gasteiger partial charge in [0.05, 0.1) is 16.9 Å². The Morgan fingerprint density at radius 3 is 2.91 bits per heavy atom. The molecule has 0 aliphatic rings. The number of urea groups is 1. The average molecular weight is 322 g/mol. The number of carbonyl (C=O) groups is 1. The summed E-state index contributed by atoms with van der Waals surface area (Å²) in [5.74, 6) is 0.470. The average Bonchev–Trinajstić information content (AvgIpc) is 3.03. The molecular formula is C14H22N6OS. The van der Waals surface area contributed by atoms with Crippen LogP contribution in [0.4, 0.5) is 10.6 Å². The molecule has 0 atom stereocenters. The highest BCUT2D eigenvalue weighted by atomic mass is 32.1.